The van der Waals surface area contributed by atoms with Gasteiger partial charge in [0.2, 0.25) is 0 Å². The Morgan fingerprint density at radius 2 is 1.44 bits per heavy atom. The number of phenols is 1. The summed E-state index contributed by atoms with van der Waals surface area (Å²) >= 11 is 1.90. The van der Waals surface area contributed by atoms with Crippen LogP contribution in [0.4, 0.5) is 39.5 Å². The van der Waals surface area contributed by atoms with Crippen molar-refractivity contribution in [1.29, 1.82) is 0 Å². The summed E-state index contributed by atoms with van der Waals surface area (Å²) < 4.78 is 121. The molecule has 1 aromatic carbocycles. The fourth-order valence-corrected chi connectivity index (χ4v) is 4.72. The first kappa shape index (κ1) is 32.6. The summed E-state index contributed by atoms with van der Waals surface area (Å²) in [6.07, 6.45) is -6.96. The minimum Gasteiger partial charge on any atom is -0.507 e. The Balaban J connectivity index is 2.66. The predicted octanol–water partition coefficient (Wildman–Crippen LogP) is 7.76. The van der Waals surface area contributed by atoms with Crippen molar-refractivity contribution < 1.29 is 54.2 Å². The average molecular weight is 575 g/mol. The number of carbonyl (C=O) groups is 1. The molecule has 1 N–H and O–H groups in total. The van der Waals surface area contributed by atoms with Gasteiger partial charge in [0, 0.05) is 34.8 Å². The maximum atomic E-state index is 13.6. The number of esters is 1. The molecule has 36 heavy (non-hydrogen) atoms. The Hall–Kier alpha value is -1.44. The van der Waals surface area contributed by atoms with Crippen molar-refractivity contribution in [3.05, 3.63) is 28.8 Å². The molecule has 0 saturated heterocycles. The second-order valence-corrected chi connectivity index (χ2v) is 10.2. The minimum absolute atomic E-state index is 0.163. The van der Waals surface area contributed by atoms with Gasteiger partial charge in [-0.15, -0.1) is 0 Å². The molecule has 0 atom stereocenters. The van der Waals surface area contributed by atoms with E-state index < -0.39 is 36.1 Å². The third kappa shape index (κ3) is 8.56. The summed E-state index contributed by atoms with van der Waals surface area (Å²) in [7, 11) is 0. The van der Waals surface area contributed by atoms with E-state index in [9.17, 15) is 49.4 Å². The van der Waals surface area contributed by atoms with Crippen molar-refractivity contribution in [2.24, 2.45) is 0 Å². The van der Waals surface area contributed by atoms with Crippen LogP contribution in [-0.4, -0.2) is 53.1 Å². The molecular weight excluding hydrogens is 547 g/mol. The van der Waals surface area contributed by atoms with E-state index in [1.807, 2.05) is 6.92 Å². The smallest absolute Gasteiger partial charge is 0.460 e. The summed E-state index contributed by atoms with van der Waals surface area (Å²) in [4.78, 5) is 11.6. The Kier molecular flexibility index (Phi) is 12.1. The highest BCUT2D eigenvalue weighted by atomic mass is 32.2. The lowest BCUT2D eigenvalue weighted by molar-refractivity contribution is -0.396. The molecule has 0 fully saturated rings. The fourth-order valence-electron chi connectivity index (χ4n) is 2.84. The number of benzene rings is 1. The van der Waals surface area contributed by atoms with Crippen LogP contribution in [0.2, 0.25) is 0 Å². The van der Waals surface area contributed by atoms with Crippen LogP contribution in [-0.2, 0) is 21.0 Å². The summed E-state index contributed by atoms with van der Waals surface area (Å²) in [5.41, 5.74) is 1.40. The lowest BCUT2D eigenvalue weighted by atomic mass is 10.0. The molecule has 0 unspecified atom stereocenters. The molecule has 14 heteroatoms. The molecule has 1 rings (SSSR count). The third-order valence-corrected chi connectivity index (χ3v) is 6.92. The third-order valence-electron chi connectivity index (χ3n) is 4.91. The Morgan fingerprint density at radius 3 is 1.94 bits per heavy atom. The number of halogens is 9. The normalized spacial score (nSPS) is 13.2. The molecule has 0 amide bonds. The first-order valence-electron chi connectivity index (χ1n) is 10.8. The minimum atomic E-state index is -6.90. The average Bonchev–Trinajstić information content (AvgIpc) is 2.76. The summed E-state index contributed by atoms with van der Waals surface area (Å²) in [6.45, 7) is 3.98. The summed E-state index contributed by atoms with van der Waals surface area (Å²) in [6, 6.07) is 3.16. The number of thioether (sulfide) groups is 2. The van der Waals surface area contributed by atoms with Gasteiger partial charge in [-0.05, 0) is 19.1 Å². The number of hydrogen-bond acceptors (Lipinski definition) is 5. The van der Waals surface area contributed by atoms with Gasteiger partial charge in [-0.1, -0.05) is 31.0 Å². The highest BCUT2D eigenvalue weighted by Gasteiger charge is 2.81. The second-order valence-electron chi connectivity index (χ2n) is 7.96. The fraction of sp³-hybridized carbons (Fsp3) is 0.682. The molecule has 0 aliphatic heterocycles. The van der Waals surface area contributed by atoms with E-state index in [1.54, 1.807) is 13.0 Å². The molecule has 3 nitrogen and oxygen atoms in total. The quantitative estimate of drug-likeness (QED) is 0.132. The van der Waals surface area contributed by atoms with E-state index in [1.165, 1.54) is 17.8 Å². The lowest BCUT2D eigenvalue weighted by Crippen LogP contribution is -2.60. The van der Waals surface area contributed by atoms with Crippen LogP contribution in [0.3, 0.4) is 0 Å². The molecule has 0 radical (unpaired) electrons. The van der Waals surface area contributed by atoms with E-state index in [-0.39, 0.29) is 29.5 Å². The Labute approximate surface area is 211 Å². The van der Waals surface area contributed by atoms with E-state index in [4.69, 9.17) is 4.74 Å². The number of aromatic hydroxyl groups is 1. The zero-order chi connectivity index (χ0) is 27.8. The SMILES string of the molecule is CCCCOC(=O)CCSCc1cc(C)cc(CSCCC(F)(F)C(F)(F)C(F)(F)C(F)(F)F)c1O. The number of ether oxygens (including phenoxy) is 1. The first-order chi connectivity index (χ1) is 16.5. The zero-order valence-corrected chi connectivity index (χ0v) is 21.1. The zero-order valence-electron chi connectivity index (χ0n) is 19.5. The van der Waals surface area contributed by atoms with Crippen LogP contribution in [0, 0.1) is 6.92 Å². The number of carbonyl (C=O) groups excluding carboxylic acids is 1. The Morgan fingerprint density at radius 1 is 0.917 bits per heavy atom. The van der Waals surface area contributed by atoms with Gasteiger partial charge < -0.3 is 9.84 Å². The molecular formula is C22H27F9O3S2. The topological polar surface area (TPSA) is 46.5 Å². The summed E-state index contributed by atoms with van der Waals surface area (Å²) in [5, 5.41) is 10.4. The molecule has 1 aromatic rings. The van der Waals surface area contributed by atoms with Crippen molar-refractivity contribution >= 4 is 29.5 Å². The first-order valence-corrected chi connectivity index (χ1v) is 13.1. The predicted molar refractivity (Wildman–Crippen MR) is 121 cm³/mol. The van der Waals surface area contributed by atoms with Crippen LogP contribution in [0.1, 0.15) is 49.3 Å². The number of phenolic OH excluding ortho intramolecular Hbond substituents is 1. The van der Waals surface area contributed by atoms with Gasteiger partial charge in [-0.2, -0.15) is 63.0 Å². The molecule has 0 aliphatic carbocycles. The monoisotopic (exact) mass is 574 g/mol. The number of aryl methyl sites for hydroxylation is 1. The standard InChI is InChI=1S/C22H27F9O3S2/c1-3-4-7-34-17(32)5-8-35-12-15-10-14(2)11-16(18(15)33)13-36-9-6-19(23,24)20(25,26)21(27,28)22(29,30)31/h10-11,33H,3-9,12-13H2,1-2H3. The molecule has 0 aliphatic rings. The van der Waals surface area contributed by atoms with Crippen LogP contribution >= 0.6 is 23.5 Å². The van der Waals surface area contributed by atoms with Crippen LogP contribution in [0.15, 0.2) is 12.1 Å². The van der Waals surface area contributed by atoms with Crippen LogP contribution in [0.5, 0.6) is 5.75 Å². The van der Waals surface area contributed by atoms with Gasteiger partial charge in [0.1, 0.15) is 5.75 Å². The van der Waals surface area contributed by atoms with Crippen LogP contribution < -0.4 is 0 Å². The van der Waals surface area contributed by atoms with Crippen molar-refractivity contribution in [2.75, 3.05) is 18.1 Å². The lowest BCUT2D eigenvalue weighted by Gasteiger charge is -2.33. The summed E-state index contributed by atoms with van der Waals surface area (Å²) in [5.74, 6) is -20.0. The van der Waals surface area contributed by atoms with E-state index in [2.05, 4.69) is 0 Å². The van der Waals surface area contributed by atoms with Crippen molar-refractivity contribution in [1.82, 2.24) is 0 Å². The van der Waals surface area contributed by atoms with Crippen LogP contribution in [0.25, 0.3) is 0 Å². The van der Waals surface area contributed by atoms with Crippen molar-refractivity contribution in [3.63, 3.8) is 0 Å². The molecule has 0 bridgehead atoms. The van der Waals surface area contributed by atoms with Crippen molar-refractivity contribution in [2.45, 2.75) is 75.0 Å². The molecule has 0 saturated carbocycles. The van der Waals surface area contributed by atoms with Crippen molar-refractivity contribution in [3.8, 4) is 5.75 Å². The number of rotatable bonds is 15. The van der Waals surface area contributed by atoms with E-state index in [0.717, 1.165) is 12.8 Å². The molecule has 0 aromatic heterocycles. The second kappa shape index (κ2) is 13.4. The maximum absolute atomic E-state index is 13.6. The van der Waals surface area contributed by atoms with E-state index >= 15 is 0 Å². The molecule has 0 spiro atoms. The largest absolute Gasteiger partial charge is 0.507 e. The van der Waals surface area contributed by atoms with Gasteiger partial charge in [-0.25, -0.2) is 0 Å². The maximum Gasteiger partial charge on any atom is 0.460 e. The molecule has 208 valence electrons. The van der Waals surface area contributed by atoms with Gasteiger partial charge in [0.15, 0.2) is 0 Å². The Bertz CT molecular complexity index is 862. The van der Waals surface area contributed by atoms with Gasteiger partial charge >= 0.3 is 29.9 Å². The number of alkyl halides is 9. The number of hydrogen-bond donors (Lipinski definition) is 1. The number of unbranched alkanes of at least 4 members (excludes halogenated alkanes) is 1. The highest BCUT2D eigenvalue weighted by molar-refractivity contribution is 7.98. The van der Waals surface area contributed by atoms with Gasteiger partial charge in [0.25, 0.3) is 0 Å². The highest BCUT2D eigenvalue weighted by Crippen LogP contribution is 2.54. The van der Waals surface area contributed by atoms with E-state index in [0.29, 0.717) is 41.0 Å². The molecule has 0 heterocycles. The van der Waals surface area contributed by atoms with Gasteiger partial charge in [0.05, 0.1) is 13.0 Å². The van der Waals surface area contributed by atoms with Gasteiger partial charge in [-0.3, -0.25) is 4.79 Å².